The van der Waals surface area contributed by atoms with Crippen LogP contribution in [0, 0.1) is 13.8 Å². The Morgan fingerprint density at radius 3 is 2.21 bits per heavy atom. The van der Waals surface area contributed by atoms with Crippen LogP contribution < -0.4 is 10.5 Å². The molecular weight excluding hydrogens is 260 g/mol. The highest BCUT2D eigenvalue weighted by molar-refractivity contribution is 7.93. The predicted molar refractivity (Wildman–Crippen MR) is 77.6 cm³/mol. The molecule has 2 aromatic carbocycles. The molecule has 0 fully saturated rings. The van der Waals surface area contributed by atoms with Crippen molar-refractivity contribution < 1.29 is 8.42 Å². The summed E-state index contributed by atoms with van der Waals surface area (Å²) in [5.41, 5.74) is 8.08. The Morgan fingerprint density at radius 2 is 1.58 bits per heavy atom. The van der Waals surface area contributed by atoms with E-state index in [2.05, 4.69) is 4.72 Å². The molecule has 0 saturated carbocycles. The predicted octanol–water partition coefficient (Wildman–Crippen LogP) is 2.69. The molecule has 0 radical (unpaired) electrons. The zero-order valence-electron chi connectivity index (χ0n) is 10.8. The minimum Gasteiger partial charge on any atom is -0.398 e. The number of hydrogen-bond acceptors (Lipinski definition) is 3. The molecule has 0 unspecified atom stereocenters. The number of anilines is 2. The molecule has 0 aromatic heterocycles. The van der Waals surface area contributed by atoms with Crippen molar-refractivity contribution in [3.05, 3.63) is 53.6 Å². The highest BCUT2D eigenvalue weighted by atomic mass is 32.2. The number of benzene rings is 2. The van der Waals surface area contributed by atoms with Gasteiger partial charge in [-0.15, -0.1) is 0 Å². The number of nitrogen functional groups attached to an aromatic ring is 1. The van der Waals surface area contributed by atoms with Crippen molar-refractivity contribution in [3.8, 4) is 0 Å². The Hall–Kier alpha value is -2.01. The Balaban J connectivity index is 2.47. The van der Waals surface area contributed by atoms with Crippen molar-refractivity contribution >= 4 is 21.4 Å². The second-order valence-corrected chi connectivity index (χ2v) is 6.03. The summed E-state index contributed by atoms with van der Waals surface area (Å²) in [6, 6.07) is 12.3. The quantitative estimate of drug-likeness (QED) is 0.847. The van der Waals surface area contributed by atoms with Crippen molar-refractivity contribution in [2.24, 2.45) is 0 Å². The summed E-state index contributed by atoms with van der Waals surface area (Å²) in [7, 11) is -3.67. The van der Waals surface area contributed by atoms with Crippen LogP contribution in [0.2, 0.25) is 0 Å². The minimum atomic E-state index is -3.67. The molecule has 0 amide bonds. The van der Waals surface area contributed by atoms with Gasteiger partial charge in [-0.2, -0.15) is 0 Å². The van der Waals surface area contributed by atoms with Crippen LogP contribution in [-0.2, 0) is 10.0 Å². The molecule has 3 N–H and O–H groups in total. The molecule has 19 heavy (non-hydrogen) atoms. The van der Waals surface area contributed by atoms with Crippen LogP contribution in [-0.4, -0.2) is 8.42 Å². The van der Waals surface area contributed by atoms with Gasteiger partial charge in [0, 0.05) is 0 Å². The van der Waals surface area contributed by atoms with Crippen molar-refractivity contribution in [3.63, 3.8) is 0 Å². The van der Waals surface area contributed by atoms with Crippen LogP contribution in [0.4, 0.5) is 11.4 Å². The Kier molecular flexibility index (Phi) is 3.48. The molecule has 5 heteroatoms. The lowest BCUT2D eigenvalue weighted by atomic mass is 10.2. The second-order valence-electron chi connectivity index (χ2n) is 4.41. The first-order chi connectivity index (χ1) is 8.92. The van der Waals surface area contributed by atoms with Gasteiger partial charge in [0.05, 0.1) is 11.4 Å². The topological polar surface area (TPSA) is 72.2 Å². The van der Waals surface area contributed by atoms with Gasteiger partial charge < -0.3 is 5.73 Å². The molecule has 0 bridgehead atoms. The molecule has 2 rings (SSSR count). The molecule has 0 atom stereocenters. The van der Waals surface area contributed by atoms with Crippen molar-refractivity contribution in [2.75, 3.05) is 10.5 Å². The molecule has 100 valence electrons. The van der Waals surface area contributed by atoms with E-state index in [1.807, 2.05) is 19.1 Å². The third-order valence-electron chi connectivity index (χ3n) is 2.90. The van der Waals surface area contributed by atoms with Gasteiger partial charge in [0.1, 0.15) is 4.90 Å². The van der Waals surface area contributed by atoms with E-state index < -0.39 is 10.0 Å². The largest absolute Gasteiger partial charge is 0.398 e. The second kappa shape index (κ2) is 4.93. The van der Waals surface area contributed by atoms with E-state index in [4.69, 9.17) is 5.73 Å². The highest BCUT2D eigenvalue weighted by Gasteiger charge is 2.20. The Morgan fingerprint density at radius 1 is 0.947 bits per heavy atom. The Labute approximate surface area is 113 Å². The molecule has 0 spiro atoms. The first kappa shape index (κ1) is 13.4. The monoisotopic (exact) mass is 276 g/mol. The fourth-order valence-electron chi connectivity index (χ4n) is 1.93. The average molecular weight is 276 g/mol. The molecular formula is C14H16N2O2S. The van der Waals surface area contributed by atoms with Crippen LogP contribution in [0.25, 0.3) is 0 Å². The maximum absolute atomic E-state index is 12.4. The third-order valence-corrected chi connectivity index (χ3v) is 4.48. The lowest BCUT2D eigenvalue weighted by molar-refractivity contribution is 0.601. The lowest BCUT2D eigenvalue weighted by Crippen LogP contribution is -2.16. The van der Waals surface area contributed by atoms with Crippen LogP contribution in [0.3, 0.4) is 0 Å². The molecule has 0 aliphatic carbocycles. The third kappa shape index (κ3) is 2.71. The standard InChI is InChI=1S/C14H16N2O2S/c1-10-6-3-4-9-13(10)16-19(17,18)14-11(2)7-5-8-12(14)15/h3-9,16H,15H2,1-2H3. The number of aryl methyl sites for hydroxylation is 2. The normalized spacial score (nSPS) is 11.3. The summed E-state index contributed by atoms with van der Waals surface area (Å²) in [4.78, 5) is 0.137. The number of sulfonamides is 1. The molecule has 0 aliphatic heterocycles. The van der Waals surface area contributed by atoms with Gasteiger partial charge in [-0.25, -0.2) is 8.42 Å². The highest BCUT2D eigenvalue weighted by Crippen LogP contribution is 2.25. The van der Waals surface area contributed by atoms with E-state index in [9.17, 15) is 8.42 Å². The minimum absolute atomic E-state index is 0.137. The maximum atomic E-state index is 12.4. The van der Waals surface area contributed by atoms with E-state index in [-0.39, 0.29) is 10.6 Å². The van der Waals surface area contributed by atoms with Crippen LogP contribution in [0.5, 0.6) is 0 Å². The van der Waals surface area contributed by atoms with Gasteiger partial charge in [-0.3, -0.25) is 4.72 Å². The summed E-state index contributed by atoms with van der Waals surface area (Å²) in [5, 5.41) is 0. The summed E-state index contributed by atoms with van der Waals surface area (Å²) in [6.45, 7) is 3.57. The van der Waals surface area contributed by atoms with Crippen LogP contribution in [0.15, 0.2) is 47.4 Å². The zero-order chi connectivity index (χ0) is 14.0. The van der Waals surface area contributed by atoms with Gasteiger partial charge in [-0.1, -0.05) is 30.3 Å². The van der Waals surface area contributed by atoms with Crippen molar-refractivity contribution in [2.45, 2.75) is 18.7 Å². The molecule has 0 heterocycles. The molecule has 0 aliphatic rings. The number of rotatable bonds is 3. The fraction of sp³-hybridized carbons (Fsp3) is 0.143. The number of nitrogens with two attached hydrogens (primary N) is 1. The molecule has 4 nitrogen and oxygen atoms in total. The molecule has 0 saturated heterocycles. The van der Waals surface area contributed by atoms with Gasteiger partial charge in [0.2, 0.25) is 0 Å². The number of nitrogens with one attached hydrogen (secondary N) is 1. The summed E-state index contributed by atoms with van der Waals surface area (Å²) in [6.07, 6.45) is 0. The SMILES string of the molecule is Cc1ccccc1NS(=O)(=O)c1c(C)cccc1N. The van der Waals surface area contributed by atoms with E-state index >= 15 is 0 Å². The van der Waals surface area contributed by atoms with E-state index in [1.165, 1.54) is 0 Å². The van der Waals surface area contributed by atoms with Gasteiger partial charge >= 0.3 is 0 Å². The maximum Gasteiger partial charge on any atom is 0.264 e. The first-order valence-electron chi connectivity index (χ1n) is 5.85. The fourth-order valence-corrected chi connectivity index (χ4v) is 3.42. The van der Waals surface area contributed by atoms with E-state index in [0.717, 1.165) is 5.56 Å². The summed E-state index contributed by atoms with van der Waals surface area (Å²) < 4.78 is 27.4. The van der Waals surface area contributed by atoms with Crippen LogP contribution in [0.1, 0.15) is 11.1 Å². The lowest BCUT2D eigenvalue weighted by Gasteiger charge is -2.13. The van der Waals surface area contributed by atoms with Gasteiger partial charge in [0.15, 0.2) is 0 Å². The summed E-state index contributed by atoms with van der Waals surface area (Å²) >= 11 is 0. The van der Waals surface area contributed by atoms with Crippen molar-refractivity contribution in [1.29, 1.82) is 0 Å². The Bertz CT molecular complexity index is 689. The smallest absolute Gasteiger partial charge is 0.264 e. The van der Waals surface area contributed by atoms with E-state index in [0.29, 0.717) is 11.3 Å². The van der Waals surface area contributed by atoms with Crippen LogP contribution >= 0.6 is 0 Å². The van der Waals surface area contributed by atoms with Gasteiger partial charge in [-0.05, 0) is 37.1 Å². The average Bonchev–Trinajstić information content (AvgIpc) is 2.31. The molecule has 2 aromatic rings. The number of hydrogen-bond donors (Lipinski definition) is 2. The first-order valence-corrected chi connectivity index (χ1v) is 7.33. The zero-order valence-corrected chi connectivity index (χ0v) is 11.7. The van der Waals surface area contributed by atoms with E-state index in [1.54, 1.807) is 37.3 Å². The number of para-hydroxylation sites is 1. The van der Waals surface area contributed by atoms with Gasteiger partial charge in [0.25, 0.3) is 10.0 Å². The summed E-state index contributed by atoms with van der Waals surface area (Å²) in [5.74, 6) is 0. The van der Waals surface area contributed by atoms with Crippen molar-refractivity contribution in [1.82, 2.24) is 0 Å².